The highest BCUT2D eigenvalue weighted by atomic mass is 35.5. The van der Waals surface area contributed by atoms with Gasteiger partial charge in [-0.3, -0.25) is 14.5 Å². The smallest absolute Gasteiger partial charge is 0.407 e. The van der Waals surface area contributed by atoms with Crippen LogP contribution >= 0.6 is 11.6 Å². The highest BCUT2D eigenvalue weighted by Crippen LogP contribution is 2.38. The Morgan fingerprint density at radius 1 is 1.07 bits per heavy atom. The first-order valence-electron chi connectivity index (χ1n) is 12.9. The molecule has 0 saturated heterocycles. The van der Waals surface area contributed by atoms with Crippen LogP contribution in [0.25, 0.3) is 10.9 Å². The summed E-state index contributed by atoms with van der Waals surface area (Å²) in [5, 5.41) is 12.3. The minimum atomic E-state index is -4.10. The van der Waals surface area contributed by atoms with Gasteiger partial charge >= 0.3 is 6.09 Å². The molecule has 0 radical (unpaired) electrons. The van der Waals surface area contributed by atoms with Gasteiger partial charge in [0, 0.05) is 18.0 Å². The topological polar surface area (TPSA) is 138 Å². The molecule has 13 heteroatoms. The average molecular weight is 611 g/mol. The van der Waals surface area contributed by atoms with E-state index in [0.29, 0.717) is 27.9 Å². The molecule has 0 spiro atoms. The lowest BCUT2D eigenvalue weighted by Gasteiger charge is -2.27. The van der Waals surface area contributed by atoms with E-state index in [1.807, 2.05) is 0 Å². The zero-order valence-electron chi connectivity index (χ0n) is 22.6. The molecule has 3 amide bonds. The van der Waals surface area contributed by atoms with Gasteiger partial charge in [-0.15, -0.1) is 0 Å². The lowest BCUT2D eigenvalue weighted by Crippen LogP contribution is -2.55. The summed E-state index contributed by atoms with van der Waals surface area (Å²) in [7, 11) is -2.85. The zero-order chi connectivity index (χ0) is 30.2. The van der Waals surface area contributed by atoms with Crippen LogP contribution in [0.4, 0.5) is 10.5 Å². The highest BCUT2D eigenvalue weighted by molar-refractivity contribution is 7.90. The van der Waals surface area contributed by atoms with Crippen molar-refractivity contribution in [3.63, 3.8) is 0 Å². The van der Waals surface area contributed by atoms with Gasteiger partial charge in [0.2, 0.25) is 5.91 Å². The number of carbonyl (C=O) groups is 3. The van der Waals surface area contributed by atoms with Gasteiger partial charge in [0.1, 0.15) is 29.6 Å². The van der Waals surface area contributed by atoms with Crippen molar-refractivity contribution >= 4 is 56.1 Å². The molecule has 2 N–H and O–H groups in total. The zero-order valence-corrected chi connectivity index (χ0v) is 24.2. The van der Waals surface area contributed by atoms with Crippen LogP contribution < -0.4 is 15.0 Å². The molecule has 1 aliphatic heterocycles. The van der Waals surface area contributed by atoms with E-state index in [2.05, 4.69) is 5.32 Å². The van der Waals surface area contributed by atoms with Crippen LogP contribution in [0, 0.1) is 0 Å². The molecule has 1 aromatic heterocycles. The summed E-state index contributed by atoms with van der Waals surface area (Å²) in [6.45, 7) is 1.05. The van der Waals surface area contributed by atoms with Crippen LogP contribution in [-0.4, -0.2) is 66.0 Å². The minimum Gasteiger partial charge on any atom is -0.489 e. The molecule has 218 valence electrons. The minimum absolute atomic E-state index is 0.0482. The van der Waals surface area contributed by atoms with Crippen molar-refractivity contribution in [1.29, 1.82) is 0 Å². The Kier molecular flexibility index (Phi) is 7.85. The monoisotopic (exact) mass is 610 g/mol. The number of benzene rings is 3. The number of para-hydroxylation sites is 3. The summed E-state index contributed by atoms with van der Waals surface area (Å²) < 4.78 is 34.4. The molecule has 0 saturated carbocycles. The SMILES string of the molecule is C[C@@H](C(=O)N[C@H]1COc2ccccc2N(Cc2c(Cl)n(S(=O)(=O)c3ccccc3)c3ccccc23)C1=O)N(C)C(=O)O. The van der Waals surface area contributed by atoms with Crippen molar-refractivity contribution in [2.24, 2.45) is 0 Å². The van der Waals surface area contributed by atoms with Crippen LogP contribution in [-0.2, 0) is 26.2 Å². The van der Waals surface area contributed by atoms with Crippen molar-refractivity contribution < 1.29 is 32.6 Å². The molecule has 0 bridgehead atoms. The molecular weight excluding hydrogens is 584 g/mol. The number of ether oxygens (including phenoxy) is 1. The van der Waals surface area contributed by atoms with Crippen molar-refractivity contribution in [1.82, 2.24) is 14.2 Å². The van der Waals surface area contributed by atoms with Gasteiger partial charge in [-0.2, -0.15) is 0 Å². The number of anilines is 1. The summed E-state index contributed by atoms with van der Waals surface area (Å²) in [4.78, 5) is 40.5. The number of nitrogens with zero attached hydrogens (tertiary/aromatic N) is 3. The number of nitrogens with one attached hydrogen (secondary N) is 1. The summed E-state index contributed by atoms with van der Waals surface area (Å²) in [5.74, 6) is -0.858. The van der Waals surface area contributed by atoms with E-state index in [1.165, 1.54) is 31.0 Å². The van der Waals surface area contributed by atoms with E-state index in [0.717, 1.165) is 8.87 Å². The van der Waals surface area contributed by atoms with E-state index in [-0.39, 0.29) is 23.2 Å². The summed E-state index contributed by atoms with van der Waals surface area (Å²) in [6.07, 6.45) is -1.30. The second kappa shape index (κ2) is 11.4. The Morgan fingerprint density at radius 2 is 1.71 bits per heavy atom. The van der Waals surface area contributed by atoms with Crippen molar-refractivity contribution in [3.05, 3.63) is 89.6 Å². The third kappa shape index (κ3) is 5.14. The van der Waals surface area contributed by atoms with E-state index in [9.17, 15) is 27.9 Å². The molecule has 42 heavy (non-hydrogen) atoms. The molecule has 4 aromatic rings. The van der Waals surface area contributed by atoms with Gasteiger partial charge in [0.25, 0.3) is 15.9 Å². The van der Waals surface area contributed by atoms with E-state index in [1.54, 1.807) is 66.7 Å². The number of hydrogen-bond donors (Lipinski definition) is 2. The molecule has 3 aromatic carbocycles. The molecule has 1 aliphatic rings. The normalized spacial score (nSPS) is 15.8. The first-order chi connectivity index (χ1) is 20.0. The Morgan fingerprint density at radius 3 is 2.43 bits per heavy atom. The molecule has 2 heterocycles. The van der Waals surface area contributed by atoms with Crippen LogP contribution in [0.3, 0.4) is 0 Å². The van der Waals surface area contributed by atoms with E-state index < -0.39 is 40.0 Å². The van der Waals surface area contributed by atoms with Crippen LogP contribution in [0.5, 0.6) is 5.75 Å². The fourth-order valence-corrected chi connectivity index (χ4v) is 6.72. The van der Waals surface area contributed by atoms with Gasteiger partial charge in [0.15, 0.2) is 0 Å². The molecule has 5 rings (SSSR count). The van der Waals surface area contributed by atoms with Gasteiger partial charge in [-0.25, -0.2) is 17.2 Å². The lowest BCUT2D eigenvalue weighted by atomic mass is 10.1. The first kappa shape index (κ1) is 29.0. The number of amides is 3. The Hall–Kier alpha value is -4.55. The van der Waals surface area contributed by atoms with Gasteiger partial charge in [-0.1, -0.05) is 60.1 Å². The number of hydrogen-bond acceptors (Lipinski definition) is 6. The number of rotatable bonds is 7. The second-order valence-electron chi connectivity index (χ2n) is 9.70. The molecule has 0 fully saturated rings. The fourth-order valence-electron chi connectivity index (χ4n) is 4.74. The maximum absolute atomic E-state index is 14.0. The Bertz CT molecular complexity index is 1790. The largest absolute Gasteiger partial charge is 0.489 e. The molecule has 11 nitrogen and oxygen atoms in total. The third-order valence-corrected chi connectivity index (χ3v) is 9.40. The molecule has 2 atom stereocenters. The summed E-state index contributed by atoms with van der Waals surface area (Å²) >= 11 is 6.83. The molecule has 0 aliphatic carbocycles. The van der Waals surface area contributed by atoms with Crippen LogP contribution in [0.2, 0.25) is 5.15 Å². The van der Waals surface area contributed by atoms with E-state index >= 15 is 0 Å². The number of carboxylic acid groups (broad SMARTS) is 1. The third-order valence-electron chi connectivity index (χ3n) is 7.18. The Balaban J connectivity index is 1.57. The van der Waals surface area contributed by atoms with Gasteiger partial charge < -0.3 is 20.1 Å². The van der Waals surface area contributed by atoms with Gasteiger partial charge in [-0.05, 0) is 37.3 Å². The predicted octanol–water partition coefficient (Wildman–Crippen LogP) is 3.94. The number of aromatic nitrogens is 1. The quantitative estimate of drug-likeness (QED) is 0.323. The second-order valence-corrected chi connectivity index (χ2v) is 11.8. The number of fused-ring (bicyclic) bond motifs is 2. The summed E-state index contributed by atoms with van der Waals surface area (Å²) in [5.41, 5.74) is 1.11. The number of likely N-dealkylation sites (N-methyl/N-ethyl adjacent to an activating group) is 1. The number of halogens is 1. The van der Waals surface area contributed by atoms with Crippen LogP contribution in [0.15, 0.2) is 83.8 Å². The molecular formula is C29H27ClN4O7S. The maximum atomic E-state index is 14.0. The first-order valence-corrected chi connectivity index (χ1v) is 14.7. The lowest BCUT2D eigenvalue weighted by molar-refractivity contribution is -0.130. The van der Waals surface area contributed by atoms with Gasteiger partial charge in [0.05, 0.1) is 22.6 Å². The van der Waals surface area contributed by atoms with Crippen LogP contribution in [0.1, 0.15) is 12.5 Å². The Labute approximate surface area is 246 Å². The number of carbonyl (C=O) groups excluding carboxylic acids is 2. The predicted molar refractivity (Wildman–Crippen MR) is 156 cm³/mol. The molecule has 0 unspecified atom stereocenters. The van der Waals surface area contributed by atoms with Crippen molar-refractivity contribution in [2.75, 3.05) is 18.6 Å². The van der Waals surface area contributed by atoms with Crippen molar-refractivity contribution in [2.45, 2.75) is 30.4 Å². The standard InChI is InChI=1S/C29H27ClN4O7S/c1-18(32(2)29(37)38)27(35)31-22-17-41-25-15-9-8-14-24(25)33(28(22)36)16-21-20-12-6-7-13-23(20)34(26(21)30)42(39,40)19-10-4-3-5-11-19/h3-15,18,22H,16-17H2,1-2H3,(H,31,35)(H,37,38)/t18-,22-/m0/s1. The highest BCUT2D eigenvalue weighted by Gasteiger charge is 2.36. The average Bonchev–Trinajstić information content (AvgIpc) is 3.21. The summed E-state index contributed by atoms with van der Waals surface area (Å²) in [6, 6.07) is 19.2. The van der Waals surface area contributed by atoms with Crippen molar-refractivity contribution in [3.8, 4) is 5.75 Å². The maximum Gasteiger partial charge on any atom is 0.407 e. The van der Waals surface area contributed by atoms with E-state index in [4.69, 9.17) is 16.3 Å². The fraction of sp³-hybridized carbons (Fsp3) is 0.207.